The van der Waals surface area contributed by atoms with Crippen molar-refractivity contribution in [2.75, 3.05) is 13.1 Å². The molecule has 0 amide bonds. The molecule has 0 aliphatic carbocycles. The van der Waals surface area contributed by atoms with Crippen molar-refractivity contribution in [1.82, 2.24) is 24.5 Å². The number of aromatic nitrogens is 4. The topological polar surface area (TPSA) is 46.3 Å². The second kappa shape index (κ2) is 7.76. The summed E-state index contributed by atoms with van der Waals surface area (Å²) in [6.45, 7) is 5.24. The first kappa shape index (κ1) is 18.0. The number of piperidine rings is 1. The molecule has 146 valence electrons. The molecule has 3 aromatic heterocycles. The minimum atomic E-state index is 0.433. The minimum Gasteiger partial charge on any atom is -0.299 e. The minimum absolute atomic E-state index is 0.433. The summed E-state index contributed by atoms with van der Waals surface area (Å²) in [6.07, 6.45) is 8.08. The molecule has 4 heterocycles. The molecular formula is C24H25N5. The summed E-state index contributed by atoms with van der Waals surface area (Å²) in [5, 5.41) is 4.83. The lowest BCUT2D eigenvalue weighted by Gasteiger charge is -2.30. The lowest BCUT2D eigenvalue weighted by molar-refractivity contribution is 0.201. The van der Waals surface area contributed by atoms with Crippen molar-refractivity contribution in [2.45, 2.75) is 32.2 Å². The van der Waals surface area contributed by atoms with Crippen LogP contribution < -0.4 is 0 Å². The standard InChI is InChI=1S/C24H25N5/c1-18-4-2-6-21(14-18)22-7-8-23-26-24(27-29(23)17-22)20-9-12-28(13-10-20)16-19-5-3-11-25-15-19/h2-8,11,14-15,17,20H,9-10,12-13,16H2,1H3. The highest BCUT2D eigenvalue weighted by atomic mass is 15.3. The van der Waals surface area contributed by atoms with E-state index in [9.17, 15) is 0 Å². The van der Waals surface area contributed by atoms with Gasteiger partial charge in [0.15, 0.2) is 11.5 Å². The maximum absolute atomic E-state index is 4.83. The lowest BCUT2D eigenvalue weighted by atomic mass is 9.96. The van der Waals surface area contributed by atoms with Gasteiger partial charge in [0.25, 0.3) is 0 Å². The van der Waals surface area contributed by atoms with Crippen LogP contribution in [0.25, 0.3) is 16.8 Å². The molecule has 1 aliphatic rings. The molecule has 5 rings (SSSR count). The summed E-state index contributed by atoms with van der Waals surface area (Å²) in [7, 11) is 0. The summed E-state index contributed by atoms with van der Waals surface area (Å²) in [6, 6.07) is 16.9. The van der Waals surface area contributed by atoms with Gasteiger partial charge in [-0.1, -0.05) is 35.9 Å². The van der Waals surface area contributed by atoms with Gasteiger partial charge in [0.2, 0.25) is 0 Å². The van der Waals surface area contributed by atoms with Crippen LogP contribution in [0.2, 0.25) is 0 Å². The molecule has 5 nitrogen and oxygen atoms in total. The Bertz CT molecular complexity index is 1110. The van der Waals surface area contributed by atoms with E-state index in [-0.39, 0.29) is 0 Å². The molecule has 0 saturated carbocycles. The van der Waals surface area contributed by atoms with Crippen molar-refractivity contribution < 1.29 is 0 Å². The van der Waals surface area contributed by atoms with Gasteiger partial charge < -0.3 is 0 Å². The Morgan fingerprint density at radius 3 is 2.69 bits per heavy atom. The maximum Gasteiger partial charge on any atom is 0.155 e. The fourth-order valence-corrected chi connectivity index (χ4v) is 4.17. The number of hydrogen-bond donors (Lipinski definition) is 0. The summed E-state index contributed by atoms with van der Waals surface area (Å²) < 4.78 is 1.94. The summed E-state index contributed by atoms with van der Waals surface area (Å²) in [5.74, 6) is 1.41. The number of nitrogens with zero attached hydrogens (tertiary/aromatic N) is 5. The molecule has 4 aromatic rings. The number of fused-ring (bicyclic) bond motifs is 1. The van der Waals surface area contributed by atoms with Gasteiger partial charge >= 0.3 is 0 Å². The largest absolute Gasteiger partial charge is 0.299 e. The van der Waals surface area contributed by atoms with E-state index in [1.54, 1.807) is 0 Å². The quantitative estimate of drug-likeness (QED) is 0.521. The van der Waals surface area contributed by atoms with Gasteiger partial charge in [-0.25, -0.2) is 9.50 Å². The predicted molar refractivity (Wildman–Crippen MR) is 115 cm³/mol. The van der Waals surface area contributed by atoms with Gasteiger partial charge in [-0.3, -0.25) is 9.88 Å². The van der Waals surface area contributed by atoms with E-state index in [0.717, 1.165) is 43.9 Å². The Morgan fingerprint density at radius 1 is 1.00 bits per heavy atom. The van der Waals surface area contributed by atoms with Crippen LogP contribution in [0.5, 0.6) is 0 Å². The third-order valence-electron chi connectivity index (χ3n) is 5.78. The van der Waals surface area contributed by atoms with E-state index < -0.39 is 0 Å². The van der Waals surface area contributed by atoms with Gasteiger partial charge in [-0.2, -0.15) is 5.10 Å². The number of hydrogen-bond acceptors (Lipinski definition) is 4. The molecule has 1 saturated heterocycles. The molecule has 0 bridgehead atoms. The molecule has 1 aliphatic heterocycles. The van der Waals surface area contributed by atoms with E-state index in [2.05, 4.69) is 65.5 Å². The third-order valence-corrected chi connectivity index (χ3v) is 5.78. The van der Waals surface area contributed by atoms with E-state index in [1.165, 1.54) is 22.3 Å². The molecule has 0 atom stereocenters. The molecule has 0 spiro atoms. The van der Waals surface area contributed by atoms with Crippen LogP contribution in [0.15, 0.2) is 67.1 Å². The van der Waals surface area contributed by atoms with E-state index in [4.69, 9.17) is 10.1 Å². The number of likely N-dealkylation sites (tertiary alicyclic amines) is 1. The van der Waals surface area contributed by atoms with Crippen LogP contribution in [0, 0.1) is 6.92 Å². The van der Waals surface area contributed by atoms with Gasteiger partial charge in [0, 0.05) is 36.6 Å². The second-order valence-corrected chi connectivity index (χ2v) is 7.97. The first-order chi connectivity index (χ1) is 14.2. The zero-order valence-electron chi connectivity index (χ0n) is 16.7. The van der Waals surface area contributed by atoms with Gasteiger partial charge in [0.05, 0.1) is 0 Å². The normalized spacial score (nSPS) is 15.8. The van der Waals surface area contributed by atoms with Crippen molar-refractivity contribution in [3.8, 4) is 11.1 Å². The van der Waals surface area contributed by atoms with Crippen molar-refractivity contribution in [1.29, 1.82) is 0 Å². The van der Waals surface area contributed by atoms with Crippen LogP contribution in [-0.4, -0.2) is 37.6 Å². The summed E-state index contributed by atoms with van der Waals surface area (Å²) in [4.78, 5) is 11.5. The highest BCUT2D eigenvalue weighted by Gasteiger charge is 2.24. The summed E-state index contributed by atoms with van der Waals surface area (Å²) >= 11 is 0. The number of benzene rings is 1. The van der Waals surface area contributed by atoms with E-state index in [1.807, 2.05) is 23.0 Å². The van der Waals surface area contributed by atoms with Crippen LogP contribution in [0.1, 0.15) is 35.7 Å². The number of aryl methyl sites for hydroxylation is 1. The Morgan fingerprint density at radius 2 is 1.90 bits per heavy atom. The fraction of sp³-hybridized carbons (Fsp3) is 0.292. The fourth-order valence-electron chi connectivity index (χ4n) is 4.17. The highest BCUT2D eigenvalue weighted by molar-refractivity contribution is 5.65. The second-order valence-electron chi connectivity index (χ2n) is 7.97. The average Bonchev–Trinajstić information content (AvgIpc) is 3.18. The smallest absolute Gasteiger partial charge is 0.155 e. The molecule has 5 heteroatoms. The first-order valence-corrected chi connectivity index (χ1v) is 10.3. The third kappa shape index (κ3) is 3.91. The molecule has 0 unspecified atom stereocenters. The van der Waals surface area contributed by atoms with Gasteiger partial charge in [0.1, 0.15) is 0 Å². The Labute approximate surface area is 171 Å². The van der Waals surface area contributed by atoms with E-state index in [0.29, 0.717) is 5.92 Å². The van der Waals surface area contributed by atoms with Crippen LogP contribution in [0.3, 0.4) is 0 Å². The molecule has 1 fully saturated rings. The monoisotopic (exact) mass is 383 g/mol. The first-order valence-electron chi connectivity index (χ1n) is 10.3. The average molecular weight is 383 g/mol. The Hall–Kier alpha value is -3.05. The molecule has 1 aromatic carbocycles. The molecular weight excluding hydrogens is 358 g/mol. The Balaban J connectivity index is 1.30. The molecule has 29 heavy (non-hydrogen) atoms. The van der Waals surface area contributed by atoms with Crippen molar-refractivity contribution >= 4 is 5.65 Å². The van der Waals surface area contributed by atoms with Crippen molar-refractivity contribution in [3.63, 3.8) is 0 Å². The predicted octanol–water partition coefficient (Wildman–Crippen LogP) is 4.48. The van der Waals surface area contributed by atoms with E-state index >= 15 is 0 Å². The molecule has 0 N–H and O–H groups in total. The Kier molecular flexibility index (Phi) is 4.82. The van der Waals surface area contributed by atoms with Crippen LogP contribution >= 0.6 is 0 Å². The van der Waals surface area contributed by atoms with Gasteiger partial charge in [-0.15, -0.1) is 0 Å². The van der Waals surface area contributed by atoms with Crippen LogP contribution in [0.4, 0.5) is 0 Å². The SMILES string of the molecule is Cc1cccc(-c2ccc3nc(C4CCN(Cc5cccnc5)CC4)nn3c2)c1. The number of rotatable bonds is 4. The van der Waals surface area contributed by atoms with Crippen molar-refractivity contribution in [3.05, 3.63) is 84.1 Å². The van der Waals surface area contributed by atoms with Crippen LogP contribution in [-0.2, 0) is 6.54 Å². The lowest BCUT2D eigenvalue weighted by Crippen LogP contribution is -2.32. The zero-order valence-corrected chi connectivity index (χ0v) is 16.7. The summed E-state index contributed by atoms with van der Waals surface area (Å²) in [5.41, 5.74) is 5.85. The van der Waals surface area contributed by atoms with Gasteiger partial charge in [-0.05, 0) is 62.2 Å². The maximum atomic E-state index is 4.83. The van der Waals surface area contributed by atoms with Crippen molar-refractivity contribution in [2.24, 2.45) is 0 Å². The number of pyridine rings is 2. The zero-order chi connectivity index (χ0) is 19.6. The molecule has 0 radical (unpaired) electrons. The highest BCUT2D eigenvalue weighted by Crippen LogP contribution is 2.28.